The molecule has 25 heavy (non-hydrogen) atoms. The summed E-state index contributed by atoms with van der Waals surface area (Å²) < 4.78 is 0. The Labute approximate surface area is 156 Å². The van der Waals surface area contributed by atoms with Crippen LogP contribution in [0.5, 0.6) is 0 Å². The molecule has 1 aliphatic heterocycles. The molecule has 130 valence electrons. The Morgan fingerprint density at radius 3 is 2.72 bits per heavy atom. The molecule has 0 spiro atoms. The standard InChI is InChI=1S/C19H20ClN3OS/c1-18(2)9-13-14(10-21)17(25-15(13)19(3,4)23-18)22-16(24)11-6-5-7-12(20)8-11/h5-8,23H,9H2,1-4H3,(H,22,24)/p+1. The van der Waals surface area contributed by atoms with Crippen molar-refractivity contribution >= 4 is 33.8 Å². The smallest absolute Gasteiger partial charge is 0.256 e. The first-order chi connectivity index (χ1) is 11.6. The second-order valence-electron chi connectivity index (χ2n) is 7.72. The summed E-state index contributed by atoms with van der Waals surface area (Å²) in [7, 11) is 0. The van der Waals surface area contributed by atoms with Crippen LogP contribution >= 0.6 is 22.9 Å². The molecule has 0 aliphatic carbocycles. The zero-order valence-electron chi connectivity index (χ0n) is 14.7. The van der Waals surface area contributed by atoms with Crippen molar-refractivity contribution in [3.05, 3.63) is 50.9 Å². The van der Waals surface area contributed by atoms with Gasteiger partial charge in [0.15, 0.2) is 0 Å². The number of fused-ring (bicyclic) bond motifs is 1. The Morgan fingerprint density at radius 1 is 1.36 bits per heavy atom. The van der Waals surface area contributed by atoms with E-state index in [2.05, 4.69) is 44.4 Å². The topological polar surface area (TPSA) is 69.5 Å². The van der Waals surface area contributed by atoms with Crippen LogP contribution in [0.1, 0.15) is 54.1 Å². The van der Waals surface area contributed by atoms with Crippen molar-refractivity contribution < 1.29 is 10.1 Å². The first kappa shape index (κ1) is 17.9. The minimum absolute atomic E-state index is 0.0113. The first-order valence-electron chi connectivity index (χ1n) is 8.13. The second kappa shape index (κ2) is 6.14. The van der Waals surface area contributed by atoms with Crippen LogP contribution in [0.2, 0.25) is 5.02 Å². The van der Waals surface area contributed by atoms with Crippen LogP contribution < -0.4 is 10.6 Å². The van der Waals surface area contributed by atoms with E-state index in [4.69, 9.17) is 11.6 Å². The number of carbonyl (C=O) groups excluding carboxylic acids is 1. The maximum Gasteiger partial charge on any atom is 0.256 e. The van der Waals surface area contributed by atoms with Crippen molar-refractivity contribution in [1.29, 1.82) is 5.26 Å². The molecule has 0 atom stereocenters. The fourth-order valence-electron chi connectivity index (χ4n) is 3.71. The van der Waals surface area contributed by atoms with Gasteiger partial charge in [-0.1, -0.05) is 17.7 Å². The fourth-order valence-corrected chi connectivity index (χ4v) is 5.14. The maximum absolute atomic E-state index is 12.6. The molecule has 1 amide bonds. The number of amides is 1. The summed E-state index contributed by atoms with van der Waals surface area (Å²) >= 11 is 7.47. The van der Waals surface area contributed by atoms with E-state index in [9.17, 15) is 10.1 Å². The van der Waals surface area contributed by atoms with Crippen molar-refractivity contribution in [2.45, 2.75) is 45.2 Å². The van der Waals surface area contributed by atoms with Crippen molar-refractivity contribution in [3.63, 3.8) is 0 Å². The van der Waals surface area contributed by atoms with Gasteiger partial charge < -0.3 is 10.6 Å². The number of rotatable bonds is 2. The van der Waals surface area contributed by atoms with Gasteiger partial charge in [-0.25, -0.2) is 0 Å². The fraction of sp³-hybridized carbons (Fsp3) is 0.368. The largest absolute Gasteiger partial charge is 0.333 e. The average Bonchev–Trinajstić information content (AvgIpc) is 2.83. The third-order valence-electron chi connectivity index (χ3n) is 4.40. The highest BCUT2D eigenvalue weighted by molar-refractivity contribution is 7.16. The number of nitrogens with two attached hydrogens (primary N) is 1. The summed E-state index contributed by atoms with van der Waals surface area (Å²) in [4.78, 5) is 13.7. The summed E-state index contributed by atoms with van der Waals surface area (Å²) in [6.45, 7) is 8.68. The van der Waals surface area contributed by atoms with Gasteiger partial charge in [0, 0.05) is 17.0 Å². The highest BCUT2D eigenvalue weighted by atomic mass is 35.5. The van der Waals surface area contributed by atoms with Crippen molar-refractivity contribution in [2.24, 2.45) is 0 Å². The summed E-state index contributed by atoms with van der Waals surface area (Å²) in [5, 5.41) is 16.1. The molecule has 1 aliphatic rings. The molecule has 0 saturated heterocycles. The molecular weight excluding hydrogens is 354 g/mol. The Hall–Kier alpha value is -1.87. The minimum atomic E-state index is -0.251. The predicted molar refractivity (Wildman–Crippen MR) is 101 cm³/mol. The number of nitrogens with zero attached hydrogens (tertiary/aromatic N) is 1. The van der Waals surface area contributed by atoms with Crippen molar-refractivity contribution in [2.75, 3.05) is 5.32 Å². The molecule has 1 aromatic heterocycles. The Kier molecular flexibility index (Phi) is 4.40. The van der Waals surface area contributed by atoms with E-state index in [0.717, 1.165) is 16.9 Å². The lowest BCUT2D eigenvalue weighted by Crippen LogP contribution is -3.03. The number of nitrogens with one attached hydrogen (secondary N) is 1. The SMILES string of the molecule is CC1(C)Cc2c(sc(NC(=O)c3cccc(Cl)c3)c2C#N)C(C)(C)[NH2+]1. The van der Waals surface area contributed by atoms with Crippen LogP contribution in [0, 0.1) is 11.3 Å². The molecule has 3 rings (SSSR count). The van der Waals surface area contributed by atoms with E-state index >= 15 is 0 Å². The van der Waals surface area contributed by atoms with Gasteiger partial charge >= 0.3 is 0 Å². The Balaban J connectivity index is 2.01. The molecule has 2 aromatic rings. The van der Waals surface area contributed by atoms with E-state index in [1.54, 1.807) is 24.3 Å². The van der Waals surface area contributed by atoms with E-state index < -0.39 is 0 Å². The van der Waals surface area contributed by atoms with Gasteiger partial charge in [-0.15, -0.1) is 11.3 Å². The molecule has 0 saturated carbocycles. The number of carbonyl (C=O) groups is 1. The zero-order valence-corrected chi connectivity index (χ0v) is 16.3. The van der Waals surface area contributed by atoms with Crippen LogP contribution in [0.4, 0.5) is 5.00 Å². The van der Waals surface area contributed by atoms with Gasteiger partial charge in [-0.05, 0) is 51.5 Å². The molecule has 0 fully saturated rings. The van der Waals surface area contributed by atoms with E-state index in [1.807, 2.05) is 0 Å². The Bertz CT molecular complexity index is 893. The van der Waals surface area contributed by atoms with E-state index in [0.29, 0.717) is 21.2 Å². The van der Waals surface area contributed by atoms with E-state index in [1.165, 1.54) is 11.3 Å². The molecule has 1 aromatic carbocycles. The van der Waals surface area contributed by atoms with Crippen molar-refractivity contribution in [3.8, 4) is 6.07 Å². The molecule has 3 N–H and O–H groups in total. The highest BCUT2D eigenvalue weighted by Gasteiger charge is 2.44. The third kappa shape index (κ3) is 3.43. The van der Waals surface area contributed by atoms with Crippen molar-refractivity contribution in [1.82, 2.24) is 0 Å². The lowest BCUT2D eigenvalue weighted by Gasteiger charge is -2.38. The average molecular weight is 375 g/mol. The number of thiophene rings is 1. The number of anilines is 1. The maximum atomic E-state index is 12.6. The first-order valence-corrected chi connectivity index (χ1v) is 9.33. The van der Waals surface area contributed by atoms with Crippen LogP contribution in [0.3, 0.4) is 0 Å². The quantitative estimate of drug-likeness (QED) is 0.842. The molecular formula is C19H21ClN3OS+. The van der Waals surface area contributed by atoms with Crippen LogP contribution in [0.15, 0.2) is 24.3 Å². The normalized spacial score (nSPS) is 17.4. The molecule has 0 bridgehead atoms. The van der Waals surface area contributed by atoms with Gasteiger partial charge in [0.05, 0.1) is 16.0 Å². The number of hydrogen-bond acceptors (Lipinski definition) is 3. The highest BCUT2D eigenvalue weighted by Crippen LogP contribution is 2.41. The minimum Gasteiger partial charge on any atom is -0.333 e. The number of quaternary nitrogens is 1. The van der Waals surface area contributed by atoms with E-state index in [-0.39, 0.29) is 17.0 Å². The van der Waals surface area contributed by atoms with Crippen LogP contribution in [-0.4, -0.2) is 11.4 Å². The second-order valence-corrected chi connectivity index (χ2v) is 9.18. The summed E-state index contributed by atoms with van der Waals surface area (Å²) in [6.07, 6.45) is 0.804. The Morgan fingerprint density at radius 2 is 2.08 bits per heavy atom. The summed E-state index contributed by atoms with van der Waals surface area (Å²) in [6, 6.07) is 9.10. The van der Waals surface area contributed by atoms with Gasteiger partial charge in [0.1, 0.15) is 16.6 Å². The molecule has 2 heterocycles. The van der Waals surface area contributed by atoms with Crippen LogP contribution in [0.25, 0.3) is 0 Å². The zero-order chi connectivity index (χ0) is 18.4. The summed E-state index contributed by atoms with van der Waals surface area (Å²) in [5.41, 5.74) is 2.01. The molecule has 0 unspecified atom stereocenters. The lowest BCUT2D eigenvalue weighted by atomic mass is 9.81. The van der Waals surface area contributed by atoms with Gasteiger partial charge in [0.2, 0.25) is 0 Å². The van der Waals surface area contributed by atoms with Gasteiger partial charge in [0.25, 0.3) is 5.91 Å². The molecule has 4 nitrogen and oxygen atoms in total. The lowest BCUT2D eigenvalue weighted by molar-refractivity contribution is -0.789. The number of nitriles is 1. The summed E-state index contributed by atoms with van der Waals surface area (Å²) in [5.74, 6) is -0.251. The molecule has 6 heteroatoms. The monoisotopic (exact) mass is 374 g/mol. The number of hydrogen-bond donors (Lipinski definition) is 2. The third-order valence-corrected chi connectivity index (χ3v) is 6.12. The predicted octanol–water partition coefficient (Wildman–Crippen LogP) is 3.66. The molecule has 0 radical (unpaired) electrons. The number of benzene rings is 1. The van der Waals surface area contributed by atoms with Gasteiger partial charge in [-0.2, -0.15) is 5.26 Å². The number of halogens is 1. The van der Waals surface area contributed by atoms with Crippen LogP contribution in [-0.2, 0) is 12.0 Å². The van der Waals surface area contributed by atoms with Gasteiger partial charge in [-0.3, -0.25) is 4.79 Å².